The first kappa shape index (κ1) is 17.4. The van der Waals surface area contributed by atoms with Crippen LogP contribution >= 0.6 is 11.6 Å². The predicted molar refractivity (Wildman–Crippen MR) is 103 cm³/mol. The van der Waals surface area contributed by atoms with E-state index in [1.165, 1.54) is 0 Å². The van der Waals surface area contributed by atoms with E-state index in [0.717, 1.165) is 47.2 Å². The number of aromatic amines is 1. The number of benzene rings is 1. The fourth-order valence-corrected chi connectivity index (χ4v) is 5.25. The molecule has 5 rings (SSSR count). The van der Waals surface area contributed by atoms with Crippen molar-refractivity contribution in [2.24, 2.45) is 5.41 Å². The van der Waals surface area contributed by atoms with Gasteiger partial charge in [-0.2, -0.15) is 5.26 Å². The standard InChI is InChI=1S/C21H24ClN3O/c1-3-14-8-21(12-23)9-15(10-21)25(14)19(26)7-13(2)16-11-24-18-6-4-5-17(22)20(16)18/h4-6,11,13-15,24H,3,7-10H2,1-2H3. The van der Waals surface area contributed by atoms with Gasteiger partial charge in [-0.25, -0.2) is 0 Å². The summed E-state index contributed by atoms with van der Waals surface area (Å²) in [6.45, 7) is 4.21. The molecule has 1 amide bonds. The number of rotatable bonds is 4. The van der Waals surface area contributed by atoms with E-state index in [1.807, 2.05) is 24.4 Å². The maximum Gasteiger partial charge on any atom is 0.223 e. The smallest absolute Gasteiger partial charge is 0.223 e. The molecule has 1 aromatic heterocycles. The first-order chi connectivity index (χ1) is 12.5. The lowest BCUT2D eigenvalue weighted by Gasteiger charge is -2.58. The van der Waals surface area contributed by atoms with Gasteiger partial charge < -0.3 is 9.88 Å². The molecule has 3 aliphatic rings. The number of nitriles is 1. The van der Waals surface area contributed by atoms with Crippen LogP contribution in [0.15, 0.2) is 24.4 Å². The van der Waals surface area contributed by atoms with Crippen LogP contribution in [-0.4, -0.2) is 27.9 Å². The van der Waals surface area contributed by atoms with Crippen molar-refractivity contribution < 1.29 is 4.79 Å². The van der Waals surface area contributed by atoms with Crippen LogP contribution in [0, 0.1) is 16.7 Å². The van der Waals surface area contributed by atoms with Crippen LogP contribution in [-0.2, 0) is 4.79 Å². The molecule has 26 heavy (non-hydrogen) atoms. The number of carbonyl (C=O) groups is 1. The van der Waals surface area contributed by atoms with Crippen LogP contribution in [0.1, 0.15) is 57.4 Å². The Kier molecular flexibility index (Phi) is 4.23. The lowest BCUT2D eigenvalue weighted by molar-refractivity contribution is -0.152. The average molecular weight is 370 g/mol. The fraction of sp³-hybridized carbons (Fsp3) is 0.524. The molecule has 2 atom stereocenters. The minimum atomic E-state index is -0.169. The Bertz CT molecular complexity index is 890. The number of nitrogens with zero attached hydrogens (tertiary/aromatic N) is 2. The third-order valence-electron chi connectivity index (χ3n) is 6.36. The van der Waals surface area contributed by atoms with E-state index in [-0.39, 0.29) is 29.3 Å². The number of halogens is 1. The van der Waals surface area contributed by atoms with E-state index in [1.54, 1.807) is 0 Å². The Morgan fingerprint density at radius 1 is 1.46 bits per heavy atom. The number of H-pyrrole nitrogens is 1. The van der Waals surface area contributed by atoms with Crippen molar-refractivity contribution in [1.29, 1.82) is 5.26 Å². The molecule has 0 spiro atoms. The molecule has 0 radical (unpaired) electrons. The summed E-state index contributed by atoms with van der Waals surface area (Å²) >= 11 is 6.39. The molecule has 3 heterocycles. The van der Waals surface area contributed by atoms with Crippen LogP contribution in [0.25, 0.3) is 10.9 Å². The van der Waals surface area contributed by atoms with Gasteiger partial charge in [-0.3, -0.25) is 4.79 Å². The van der Waals surface area contributed by atoms with Gasteiger partial charge in [0, 0.05) is 35.6 Å². The van der Waals surface area contributed by atoms with E-state index in [0.29, 0.717) is 6.42 Å². The van der Waals surface area contributed by atoms with Crippen LogP contribution in [0.3, 0.4) is 0 Å². The van der Waals surface area contributed by atoms with Crippen LogP contribution in [0.4, 0.5) is 0 Å². The second kappa shape index (κ2) is 6.32. The summed E-state index contributed by atoms with van der Waals surface area (Å²) in [5, 5.41) is 11.2. The molecule has 2 aromatic rings. The first-order valence-corrected chi connectivity index (χ1v) is 9.83. The summed E-state index contributed by atoms with van der Waals surface area (Å²) in [6, 6.07) is 8.78. The van der Waals surface area contributed by atoms with Crippen molar-refractivity contribution in [3.05, 3.63) is 35.0 Å². The van der Waals surface area contributed by atoms with E-state index in [9.17, 15) is 10.1 Å². The van der Waals surface area contributed by atoms with Crippen molar-refractivity contribution in [2.45, 2.75) is 64.0 Å². The molecule has 3 fully saturated rings. The van der Waals surface area contributed by atoms with Gasteiger partial charge in [-0.05, 0) is 49.3 Å². The van der Waals surface area contributed by atoms with Crippen molar-refractivity contribution in [3.8, 4) is 6.07 Å². The van der Waals surface area contributed by atoms with Gasteiger partial charge in [0.1, 0.15) is 0 Å². The molecular weight excluding hydrogens is 346 g/mol. The van der Waals surface area contributed by atoms with Gasteiger partial charge in [0.2, 0.25) is 5.91 Å². The summed E-state index contributed by atoms with van der Waals surface area (Å²) in [7, 11) is 0. The molecule has 1 N–H and O–H groups in total. The summed E-state index contributed by atoms with van der Waals surface area (Å²) in [4.78, 5) is 18.5. The third-order valence-corrected chi connectivity index (χ3v) is 6.67. The monoisotopic (exact) mass is 369 g/mol. The van der Waals surface area contributed by atoms with Gasteiger partial charge in [-0.1, -0.05) is 31.5 Å². The van der Waals surface area contributed by atoms with Gasteiger partial charge in [-0.15, -0.1) is 0 Å². The highest BCUT2D eigenvalue weighted by molar-refractivity contribution is 6.35. The molecule has 2 unspecified atom stereocenters. The number of hydrogen-bond donors (Lipinski definition) is 1. The first-order valence-electron chi connectivity index (χ1n) is 9.46. The van der Waals surface area contributed by atoms with Gasteiger partial charge in [0.05, 0.1) is 16.5 Å². The highest BCUT2D eigenvalue weighted by Crippen LogP contribution is 2.53. The molecule has 136 valence electrons. The number of carbonyl (C=O) groups excluding carboxylic acids is 1. The summed E-state index contributed by atoms with van der Waals surface area (Å²) < 4.78 is 0. The predicted octanol–water partition coefficient (Wildman–Crippen LogP) is 5.00. The highest BCUT2D eigenvalue weighted by Gasteiger charge is 2.55. The Labute approximate surface area is 159 Å². The molecule has 1 aliphatic carbocycles. The Morgan fingerprint density at radius 2 is 2.23 bits per heavy atom. The number of nitrogens with one attached hydrogen (secondary N) is 1. The van der Waals surface area contributed by atoms with Gasteiger partial charge in [0.15, 0.2) is 0 Å². The quantitative estimate of drug-likeness (QED) is 0.824. The second-order valence-corrected chi connectivity index (χ2v) is 8.44. The highest BCUT2D eigenvalue weighted by atomic mass is 35.5. The van der Waals surface area contributed by atoms with Gasteiger partial charge in [0.25, 0.3) is 0 Å². The zero-order valence-electron chi connectivity index (χ0n) is 15.3. The zero-order valence-corrected chi connectivity index (χ0v) is 16.0. The minimum Gasteiger partial charge on any atom is -0.361 e. The number of fused-ring (bicyclic) bond motifs is 3. The molecular formula is C21H24ClN3O. The van der Waals surface area contributed by atoms with E-state index < -0.39 is 0 Å². The zero-order chi connectivity index (χ0) is 18.5. The van der Waals surface area contributed by atoms with Crippen molar-refractivity contribution >= 4 is 28.4 Å². The summed E-state index contributed by atoms with van der Waals surface area (Å²) in [6.07, 6.45) is 5.89. The van der Waals surface area contributed by atoms with Crippen LogP contribution in [0.2, 0.25) is 5.02 Å². The second-order valence-electron chi connectivity index (χ2n) is 8.03. The van der Waals surface area contributed by atoms with E-state index >= 15 is 0 Å². The Hall–Kier alpha value is -1.99. The van der Waals surface area contributed by atoms with Crippen LogP contribution < -0.4 is 0 Å². The summed E-state index contributed by atoms with van der Waals surface area (Å²) in [5.74, 6) is 0.304. The number of amides is 1. The number of hydrogen-bond acceptors (Lipinski definition) is 2. The molecule has 2 aliphatic heterocycles. The molecule has 1 saturated carbocycles. The minimum absolute atomic E-state index is 0.0939. The van der Waals surface area contributed by atoms with Crippen LogP contribution in [0.5, 0.6) is 0 Å². The van der Waals surface area contributed by atoms with Crippen molar-refractivity contribution in [3.63, 3.8) is 0 Å². The lowest BCUT2D eigenvalue weighted by Crippen LogP contribution is -2.63. The molecule has 5 heteroatoms. The fourth-order valence-electron chi connectivity index (χ4n) is 4.97. The largest absolute Gasteiger partial charge is 0.361 e. The lowest BCUT2D eigenvalue weighted by atomic mass is 9.58. The third kappa shape index (κ3) is 2.61. The van der Waals surface area contributed by atoms with Crippen molar-refractivity contribution in [2.75, 3.05) is 0 Å². The Morgan fingerprint density at radius 3 is 2.92 bits per heavy atom. The Balaban J connectivity index is 1.53. The summed E-state index contributed by atoms with van der Waals surface area (Å²) in [5.41, 5.74) is 1.94. The molecule has 4 nitrogen and oxygen atoms in total. The van der Waals surface area contributed by atoms with E-state index in [4.69, 9.17) is 11.6 Å². The van der Waals surface area contributed by atoms with Crippen molar-refractivity contribution in [1.82, 2.24) is 9.88 Å². The van der Waals surface area contributed by atoms with Gasteiger partial charge >= 0.3 is 0 Å². The topological polar surface area (TPSA) is 59.9 Å². The maximum atomic E-state index is 13.1. The maximum absolute atomic E-state index is 13.1. The molecule has 2 saturated heterocycles. The molecule has 2 bridgehead atoms. The average Bonchev–Trinajstić information content (AvgIpc) is 3.05. The molecule has 1 aromatic carbocycles. The number of aromatic nitrogens is 1. The normalized spacial score (nSPS) is 28.5. The SMILES string of the molecule is CCC1CC2(C#N)CC(C2)N1C(=O)CC(C)c1c[nH]c2cccc(Cl)c12. The number of piperidine rings is 2. The van der Waals surface area contributed by atoms with E-state index in [2.05, 4.69) is 29.8 Å².